The van der Waals surface area contributed by atoms with Gasteiger partial charge in [0, 0.05) is 17.4 Å². The minimum atomic E-state index is -1.42. The van der Waals surface area contributed by atoms with E-state index in [-0.39, 0.29) is 33.2 Å². The average Bonchev–Trinajstić information content (AvgIpc) is 3.19. The van der Waals surface area contributed by atoms with Gasteiger partial charge in [0.25, 0.3) is 11.8 Å². The minimum absolute atomic E-state index is 0.00504. The van der Waals surface area contributed by atoms with Crippen molar-refractivity contribution in [2.24, 2.45) is 5.16 Å². The summed E-state index contributed by atoms with van der Waals surface area (Å²) in [5.41, 5.74) is 5.09. The lowest BCUT2D eigenvalue weighted by Crippen LogP contribution is -2.71. The van der Waals surface area contributed by atoms with Gasteiger partial charge in [0.15, 0.2) is 29.4 Å². The van der Waals surface area contributed by atoms with Gasteiger partial charge in [-0.3, -0.25) is 14.5 Å². The molecule has 1 fully saturated rings. The lowest BCUT2D eigenvalue weighted by molar-refractivity contribution is -0.690. The zero-order valence-corrected chi connectivity index (χ0v) is 21.7. The van der Waals surface area contributed by atoms with Crippen molar-refractivity contribution in [3.8, 4) is 0 Å². The highest BCUT2D eigenvalue weighted by atomic mass is 35.5. The van der Waals surface area contributed by atoms with E-state index in [0.717, 1.165) is 16.2 Å². The van der Waals surface area contributed by atoms with E-state index >= 15 is 0 Å². The summed E-state index contributed by atoms with van der Waals surface area (Å²) in [7, 11) is 0. The number of pyridine rings is 1. The molecule has 2 aliphatic heterocycles. The number of carbonyl (C=O) groups excluding carboxylic acids is 2. The van der Waals surface area contributed by atoms with E-state index in [1.54, 1.807) is 6.20 Å². The zero-order valence-electron chi connectivity index (χ0n) is 19.3. The molecule has 4 rings (SSSR count). The fraction of sp³-hybridized carbons (Fsp3) is 0.286. The van der Waals surface area contributed by atoms with Crippen LogP contribution in [0.5, 0.6) is 0 Å². The first-order chi connectivity index (χ1) is 18.0. The van der Waals surface area contributed by atoms with Crippen molar-refractivity contribution in [1.82, 2.24) is 15.2 Å². The molecule has 0 spiro atoms. The molecule has 0 saturated carbocycles. The van der Waals surface area contributed by atoms with Gasteiger partial charge >= 0.3 is 11.9 Å². The van der Waals surface area contributed by atoms with Crippen LogP contribution >= 0.6 is 34.7 Å². The third kappa shape index (κ3) is 5.41. The van der Waals surface area contributed by atoms with Crippen LogP contribution < -0.4 is 15.6 Å². The van der Waals surface area contributed by atoms with Crippen molar-refractivity contribution in [1.29, 1.82) is 0 Å². The molecule has 0 radical (unpaired) electrons. The Bertz CT molecular complexity index is 1400. The van der Waals surface area contributed by atoms with Gasteiger partial charge in [0.05, 0.1) is 0 Å². The van der Waals surface area contributed by atoms with Crippen LogP contribution in [0.25, 0.3) is 0 Å². The average molecular weight is 586 g/mol. The van der Waals surface area contributed by atoms with Crippen LogP contribution in [0.3, 0.4) is 0 Å². The lowest BCUT2D eigenvalue weighted by Gasteiger charge is -2.49. The SMILES string of the molecule is C[C@H](O/N=C(\C(=O)NC1C(=O)N2C(C(=O)O)=C(C[n+]3cccc(F)c3)CSC12)c1nc(N)sc1Cl)C(=O)O. The summed E-state index contributed by atoms with van der Waals surface area (Å²) in [6.45, 7) is 1.23. The Hall–Kier alpha value is -3.76. The number of halogens is 2. The first kappa shape index (κ1) is 27.3. The van der Waals surface area contributed by atoms with E-state index in [4.69, 9.17) is 27.3 Å². The van der Waals surface area contributed by atoms with Gasteiger partial charge in [-0.15, -0.1) is 11.8 Å². The maximum atomic E-state index is 13.6. The number of anilines is 1. The Kier molecular flexibility index (Phi) is 7.84. The van der Waals surface area contributed by atoms with Crippen LogP contribution in [0.4, 0.5) is 9.52 Å². The molecule has 17 heteroatoms. The molecule has 2 amide bonds. The Morgan fingerprint density at radius 1 is 1.45 bits per heavy atom. The molecule has 0 bridgehead atoms. The largest absolute Gasteiger partial charge is 0.478 e. The second-order valence-corrected chi connectivity index (χ2v) is 10.8. The Morgan fingerprint density at radius 2 is 2.18 bits per heavy atom. The van der Waals surface area contributed by atoms with Crippen LogP contribution in [-0.2, 0) is 30.6 Å². The first-order valence-electron chi connectivity index (χ1n) is 10.7. The maximum absolute atomic E-state index is 13.6. The monoisotopic (exact) mass is 585 g/mol. The maximum Gasteiger partial charge on any atom is 0.352 e. The number of nitrogens with one attached hydrogen (secondary N) is 1. The summed E-state index contributed by atoms with van der Waals surface area (Å²) >= 11 is 8.15. The Labute approximate surface area is 226 Å². The first-order valence-corrected chi connectivity index (χ1v) is 13.0. The minimum Gasteiger partial charge on any atom is -0.478 e. The van der Waals surface area contributed by atoms with Crippen LogP contribution in [0.2, 0.25) is 4.34 Å². The summed E-state index contributed by atoms with van der Waals surface area (Å²) in [4.78, 5) is 59.1. The number of nitrogens with two attached hydrogens (primary N) is 1. The number of hydrogen-bond donors (Lipinski definition) is 4. The molecule has 2 unspecified atom stereocenters. The van der Waals surface area contributed by atoms with E-state index in [1.807, 2.05) is 0 Å². The number of rotatable bonds is 9. The number of thiazole rings is 1. The van der Waals surface area contributed by atoms with Crippen molar-refractivity contribution < 1.29 is 43.2 Å². The molecule has 1 saturated heterocycles. The quantitative estimate of drug-likeness (QED) is 0.139. The van der Waals surface area contributed by atoms with Crippen molar-refractivity contribution in [3.63, 3.8) is 0 Å². The van der Waals surface area contributed by atoms with Crippen molar-refractivity contribution in [2.45, 2.75) is 31.0 Å². The summed E-state index contributed by atoms with van der Waals surface area (Å²) in [6, 6.07) is 1.58. The standard InChI is InChI=1S/C21H18ClFN6O7S2/c1-8(19(32)33)36-27-12(11-15(22)38-21(24)26-11)16(30)25-13-17(31)29-14(20(34)35)9(7-37-18(13)29)5-28-4-2-3-10(23)6-28/h2-4,6,8,13,18H,5,7H2,1H3,(H4-,24,25,26,30,32,33,34,35)/p+1/b27-12-/t8-,13?,18?/m0/s1. The summed E-state index contributed by atoms with van der Waals surface area (Å²) in [5, 5.41) is 24.2. The predicted molar refractivity (Wildman–Crippen MR) is 133 cm³/mol. The molecule has 0 aliphatic carbocycles. The van der Waals surface area contributed by atoms with Crippen molar-refractivity contribution in [2.75, 3.05) is 11.5 Å². The molecule has 3 atom stereocenters. The van der Waals surface area contributed by atoms with Gasteiger partial charge in [-0.25, -0.2) is 19.0 Å². The molecule has 2 aliphatic rings. The summed E-state index contributed by atoms with van der Waals surface area (Å²) in [5.74, 6) is -4.66. The van der Waals surface area contributed by atoms with Gasteiger partial charge in [0.2, 0.25) is 12.3 Å². The molecule has 13 nitrogen and oxygen atoms in total. The summed E-state index contributed by atoms with van der Waals surface area (Å²) in [6.07, 6.45) is 1.35. The van der Waals surface area contributed by atoms with Gasteiger partial charge < -0.3 is 26.1 Å². The van der Waals surface area contributed by atoms with Gasteiger partial charge in [0.1, 0.15) is 27.1 Å². The number of β-lactam (4-membered cyclic amide) rings is 1. The fourth-order valence-corrected chi connectivity index (χ4v) is 5.92. The molecule has 200 valence electrons. The number of nitrogens with zero attached hydrogens (tertiary/aromatic N) is 4. The lowest BCUT2D eigenvalue weighted by atomic mass is 10.0. The van der Waals surface area contributed by atoms with Gasteiger partial charge in [-0.2, -0.15) is 4.57 Å². The number of carbonyl (C=O) groups is 4. The number of amides is 2. The molecular formula is C21H19ClFN6O7S2+. The Morgan fingerprint density at radius 3 is 2.79 bits per heavy atom. The van der Waals surface area contributed by atoms with E-state index < -0.39 is 52.8 Å². The predicted octanol–water partition coefficient (Wildman–Crippen LogP) is 0.438. The highest BCUT2D eigenvalue weighted by Crippen LogP contribution is 2.40. The second-order valence-electron chi connectivity index (χ2n) is 8.01. The number of aliphatic carboxylic acids is 2. The molecule has 5 N–H and O–H groups in total. The molecular weight excluding hydrogens is 567 g/mol. The number of fused-ring (bicyclic) bond motifs is 1. The van der Waals surface area contributed by atoms with Gasteiger partial charge in [-0.1, -0.05) is 28.1 Å². The number of oxime groups is 1. The van der Waals surface area contributed by atoms with Crippen LogP contribution in [0.15, 0.2) is 41.0 Å². The smallest absolute Gasteiger partial charge is 0.352 e. The number of thioether (sulfide) groups is 1. The number of carboxylic acids is 2. The van der Waals surface area contributed by atoms with E-state index in [9.17, 15) is 28.7 Å². The fourth-order valence-electron chi connectivity index (χ4n) is 3.66. The van der Waals surface area contributed by atoms with Gasteiger partial charge in [-0.05, 0) is 13.0 Å². The molecule has 38 heavy (non-hydrogen) atoms. The second kappa shape index (κ2) is 10.9. The molecule has 2 aromatic rings. The number of hydrogen-bond acceptors (Lipinski definition) is 10. The highest BCUT2D eigenvalue weighted by Gasteiger charge is 2.55. The number of carboxylic acid groups (broad SMARTS) is 2. The van der Waals surface area contributed by atoms with E-state index in [1.165, 1.54) is 41.6 Å². The number of aromatic nitrogens is 2. The molecule has 0 aromatic carbocycles. The van der Waals surface area contributed by atoms with Crippen molar-refractivity contribution in [3.05, 3.63) is 51.6 Å². The molecule has 2 aromatic heterocycles. The normalized spacial score (nSPS) is 19.9. The van der Waals surface area contributed by atoms with E-state index in [2.05, 4.69) is 15.5 Å². The third-order valence-corrected chi connectivity index (χ3v) is 7.85. The number of nitrogen functional groups attached to an aromatic ring is 1. The van der Waals surface area contributed by atoms with Crippen LogP contribution in [0.1, 0.15) is 12.6 Å². The third-order valence-electron chi connectivity index (χ3n) is 5.42. The van der Waals surface area contributed by atoms with E-state index in [0.29, 0.717) is 5.57 Å². The van der Waals surface area contributed by atoms with Crippen LogP contribution in [-0.4, -0.2) is 72.8 Å². The topological polar surface area (TPSA) is 188 Å². The Balaban J connectivity index is 1.56. The molecule has 4 heterocycles. The summed E-state index contributed by atoms with van der Waals surface area (Å²) < 4.78 is 15.0. The highest BCUT2D eigenvalue weighted by molar-refractivity contribution is 8.00. The zero-order chi connectivity index (χ0) is 27.7. The van der Waals surface area contributed by atoms with Crippen LogP contribution in [0, 0.1) is 5.82 Å². The van der Waals surface area contributed by atoms with Crippen molar-refractivity contribution >= 4 is 69.3 Å².